The highest BCUT2D eigenvalue weighted by molar-refractivity contribution is 5.70. The molecule has 108 valence electrons. The topological polar surface area (TPSA) is 139 Å². The molecule has 3 heterocycles. The number of aromatic nitrogens is 4. The van der Waals surface area contributed by atoms with Crippen molar-refractivity contribution in [3.8, 4) is 0 Å². The number of fused-ring (bicyclic) bond motifs is 1. The molecule has 9 heteroatoms. The van der Waals surface area contributed by atoms with Gasteiger partial charge in [0.2, 0.25) is 5.95 Å². The summed E-state index contributed by atoms with van der Waals surface area (Å²) < 4.78 is 7.04. The zero-order valence-corrected chi connectivity index (χ0v) is 10.8. The Balaban J connectivity index is 2.13. The number of hydrogen-bond acceptors (Lipinski definition) is 7. The fourth-order valence-electron chi connectivity index (χ4n) is 2.53. The Morgan fingerprint density at radius 2 is 2.45 bits per heavy atom. The smallest absolute Gasteiger partial charge is 0.280 e. The van der Waals surface area contributed by atoms with Gasteiger partial charge in [-0.15, -0.1) is 0 Å². The molecule has 9 nitrogen and oxygen atoms in total. The molecule has 0 saturated carbocycles. The summed E-state index contributed by atoms with van der Waals surface area (Å²) >= 11 is 0. The Morgan fingerprint density at radius 3 is 3.10 bits per heavy atom. The minimum Gasteiger partial charge on any atom is -0.394 e. The first-order valence-corrected chi connectivity index (χ1v) is 6.13. The van der Waals surface area contributed by atoms with Crippen LogP contribution >= 0.6 is 0 Å². The van der Waals surface area contributed by atoms with Gasteiger partial charge in [0.25, 0.3) is 5.56 Å². The van der Waals surface area contributed by atoms with Gasteiger partial charge in [-0.2, -0.15) is 4.98 Å². The van der Waals surface area contributed by atoms with Crippen molar-refractivity contribution in [3.63, 3.8) is 0 Å². The lowest BCUT2D eigenvalue weighted by Crippen LogP contribution is -2.32. The second-order valence-electron chi connectivity index (χ2n) is 5.13. The quantitative estimate of drug-likeness (QED) is 0.538. The number of imidazole rings is 1. The highest BCUT2D eigenvalue weighted by Gasteiger charge is 2.45. The molecule has 1 fully saturated rings. The van der Waals surface area contributed by atoms with Crippen LogP contribution < -0.4 is 11.3 Å². The SMILES string of the molecule is C[C@]1(O)C[C@@H](CO)O[C@H]1n1cnc2c(=O)[nH]c(N)nc21. The lowest BCUT2D eigenvalue weighted by atomic mass is 10.0. The van der Waals surface area contributed by atoms with Gasteiger partial charge in [0.15, 0.2) is 17.4 Å². The number of ether oxygens (including phenoxy) is 1. The van der Waals surface area contributed by atoms with Crippen molar-refractivity contribution in [1.82, 2.24) is 19.5 Å². The molecule has 2 aromatic rings. The van der Waals surface area contributed by atoms with Gasteiger partial charge < -0.3 is 20.7 Å². The van der Waals surface area contributed by atoms with Crippen molar-refractivity contribution >= 4 is 17.1 Å². The van der Waals surface area contributed by atoms with Gasteiger partial charge in [-0.3, -0.25) is 14.3 Å². The van der Waals surface area contributed by atoms with Crippen LogP contribution in [-0.4, -0.2) is 48.0 Å². The first-order valence-electron chi connectivity index (χ1n) is 6.13. The molecular weight excluding hydrogens is 266 g/mol. The Kier molecular flexibility index (Phi) is 2.78. The standard InChI is InChI=1S/C11H15N5O4/c1-11(19)2-5(3-17)20-9(11)16-4-13-6-7(16)14-10(12)15-8(6)18/h4-5,9,17,19H,2-3H2,1H3,(H3,12,14,15,18)/t5-,9+,11-/m0/s1. The van der Waals surface area contributed by atoms with E-state index in [9.17, 15) is 9.90 Å². The molecule has 0 aromatic carbocycles. The van der Waals surface area contributed by atoms with E-state index in [4.69, 9.17) is 15.6 Å². The number of aliphatic hydroxyl groups is 2. The highest BCUT2D eigenvalue weighted by atomic mass is 16.5. The molecule has 20 heavy (non-hydrogen) atoms. The van der Waals surface area contributed by atoms with Gasteiger partial charge in [0.05, 0.1) is 19.0 Å². The minimum atomic E-state index is -1.21. The van der Waals surface area contributed by atoms with Crippen LogP contribution in [0, 0.1) is 0 Å². The largest absolute Gasteiger partial charge is 0.394 e. The fraction of sp³-hybridized carbons (Fsp3) is 0.545. The summed E-state index contributed by atoms with van der Waals surface area (Å²) in [6, 6.07) is 0. The molecule has 0 aliphatic carbocycles. The van der Waals surface area contributed by atoms with E-state index in [0.717, 1.165) is 0 Å². The number of aliphatic hydroxyl groups excluding tert-OH is 1. The summed E-state index contributed by atoms with van der Waals surface area (Å²) in [4.78, 5) is 22.1. The molecule has 0 radical (unpaired) electrons. The predicted molar refractivity (Wildman–Crippen MR) is 68.8 cm³/mol. The van der Waals surface area contributed by atoms with Gasteiger partial charge in [0, 0.05) is 6.42 Å². The predicted octanol–water partition coefficient (Wildman–Crippen LogP) is -1.27. The fourth-order valence-corrected chi connectivity index (χ4v) is 2.53. The van der Waals surface area contributed by atoms with Gasteiger partial charge in [-0.1, -0.05) is 0 Å². The van der Waals surface area contributed by atoms with Crippen LogP contribution in [0.5, 0.6) is 0 Å². The maximum atomic E-state index is 11.7. The van der Waals surface area contributed by atoms with Crippen molar-refractivity contribution in [2.75, 3.05) is 12.3 Å². The second kappa shape index (κ2) is 4.27. The molecule has 1 aliphatic heterocycles. The van der Waals surface area contributed by atoms with E-state index in [-0.39, 0.29) is 30.1 Å². The molecular formula is C11H15N5O4. The van der Waals surface area contributed by atoms with E-state index in [1.807, 2.05) is 0 Å². The summed E-state index contributed by atoms with van der Waals surface area (Å²) in [6.07, 6.45) is 0.364. The van der Waals surface area contributed by atoms with Crippen LogP contribution in [0.25, 0.3) is 11.2 Å². The van der Waals surface area contributed by atoms with Crippen LogP contribution in [-0.2, 0) is 4.74 Å². The molecule has 0 spiro atoms. The first-order chi connectivity index (χ1) is 9.42. The van der Waals surface area contributed by atoms with Gasteiger partial charge >= 0.3 is 0 Å². The molecule has 0 bridgehead atoms. The summed E-state index contributed by atoms with van der Waals surface area (Å²) in [5.74, 6) is -0.0411. The number of nitrogens with one attached hydrogen (secondary N) is 1. The normalized spacial score (nSPS) is 30.1. The van der Waals surface area contributed by atoms with Crippen molar-refractivity contribution in [2.45, 2.75) is 31.3 Å². The maximum absolute atomic E-state index is 11.7. The molecule has 5 N–H and O–H groups in total. The van der Waals surface area contributed by atoms with Crippen molar-refractivity contribution in [1.29, 1.82) is 0 Å². The average molecular weight is 281 g/mol. The lowest BCUT2D eigenvalue weighted by molar-refractivity contribution is -0.0854. The third kappa shape index (κ3) is 1.87. The number of nitrogens with zero attached hydrogens (tertiary/aromatic N) is 3. The van der Waals surface area contributed by atoms with Crippen LogP contribution in [0.2, 0.25) is 0 Å². The zero-order chi connectivity index (χ0) is 14.5. The Bertz CT molecular complexity index is 706. The van der Waals surface area contributed by atoms with Gasteiger partial charge in [0.1, 0.15) is 5.60 Å². The van der Waals surface area contributed by atoms with E-state index in [1.165, 1.54) is 10.9 Å². The van der Waals surface area contributed by atoms with Crippen LogP contribution in [0.4, 0.5) is 5.95 Å². The van der Waals surface area contributed by atoms with Crippen molar-refractivity contribution < 1.29 is 14.9 Å². The molecule has 2 aromatic heterocycles. The van der Waals surface area contributed by atoms with E-state index in [2.05, 4.69) is 15.0 Å². The van der Waals surface area contributed by atoms with E-state index in [0.29, 0.717) is 0 Å². The number of aromatic amines is 1. The maximum Gasteiger partial charge on any atom is 0.280 e. The summed E-state index contributed by atoms with van der Waals surface area (Å²) in [5, 5.41) is 19.6. The molecule has 1 aliphatic rings. The number of anilines is 1. The highest BCUT2D eigenvalue weighted by Crippen LogP contribution is 2.38. The van der Waals surface area contributed by atoms with Crippen molar-refractivity contribution in [3.05, 3.63) is 16.7 Å². The summed E-state index contributed by atoms with van der Waals surface area (Å²) in [6.45, 7) is 1.39. The van der Waals surface area contributed by atoms with Crippen LogP contribution in [0.15, 0.2) is 11.1 Å². The monoisotopic (exact) mass is 281 g/mol. The van der Waals surface area contributed by atoms with Crippen molar-refractivity contribution in [2.24, 2.45) is 0 Å². The Morgan fingerprint density at radius 1 is 1.70 bits per heavy atom. The molecule has 0 unspecified atom stereocenters. The third-order valence-electron chi connectivity index (χ3n) is 3.40. The number of rotatable bonds is 2. The number of nitrogens with two attached hydrogens (primary N) is 1. The van der Waals surface area contributed by atoms with E-state index < -0.39 is 23.5 Å². The number of hydrogen-bond donors (Lipinski definition) is 4. The number of nitrogen functional groups attached to an aromatic ring is 1. The Hall–Kier alpha value is -1.97. The third-order valence-corrected chi connectivity index (χ3v) is 3.40. The zero-order valence-electron chi connectivity index (χ0n) is 10.8. The van der Waals surface area contributed by atoms with Gasteiger partial charge in [-0.05, 0) is 6.92 Å². The first kappa shape index (κ1) is 13.0. The van der Waals surface area contributed by atoms with Gasteiger partial charge in [-0.25, -0.2) is 4.98 Å². The summed E-state index contributed by atoms with van der Waals surface area (Å²) in [7, 11) is 0. The molecule has 3 atom stereocenters. The summed E-state index contributed by atoms with van der Waals surface area (Å²) in [5.41, 5.74) is 4.21. The Labute approximate surface area is 113 Å². The molecule has 1 saturated heterocycles. The van der Waals surface area contributed by atoms with Crippen LogP contribution in [0.3, 0.4) is 0 Å². The van der Waals surface area contributed by atoms with Crippen LogP contribution in [0.1, 0.15) is 19.6 Å². The lowest BCUT2D eigenvalue weighted by Gasteiger charge is -2.24. The average Bonchev–Trinajstić information content (AvgIpc) is 2.89. The number of H-pyrrole nitrogens is 1. The molecule has 0 amide bonds. The van der Waals surface area contributed by atoms with E-state index in [1.54, 1.807) is 6.92 Å². The molecule has 3 rings (SSSR count). The second-order valence-corrected chi connectivity index (χ2v) is 5.13. The van der Waals surface area contributed by atoms with E-state index >= 15 is 0 Å². The minimum absolute atomic E-state index is 0.0411.